The number of rotatable bonds is 3. The van der Waals surface area contributed by atoms with Crippen molar-refractivity contribution in [2.45, 2.75) is 6.92 Å². The molecule has 1 fully saturated rings. The van der Waals surface area contributed by atoms with Crippen molar-refractivity contribution in [3.63, 3.8) is 0 Å². The Labute approximate surface area is 106 Å². The summed E-state index contributed by atoms with van der Waals surface area (Å²) in [6.07, 6.45) is 0. The average molecular weight is 250 g/mol. The zero-order valence-electron chi connectivity index (χ0n) is 10.5. The Balaban J connectivity index is 1.86. The molecule has 98 valence electrons. The van der Waals surface area contributed by atoms with E-state index in [-0.39, 0.29) is 12.5 Å². The highest BCUT2D eigenvalue weighted by Crippen LogP contribution is 2.18. The third-order valence-corrected chi connectivity index (χ3v) is 2.97. The van der Waals surface area contributed by atoms with Crippen molar-refractivity contribution < 1.29 is 14.3 Å². The summed E-state index contributed by atoms with van der Waals surface area (Å²) in [5.74, 6) is 0.663. The van der Waals surface area contributed by atoms with Crippen LogP contribution in [0.15, 0.2) is 18.2 Å². The molecule has 5 nitrogen and oxygen atoms in total. The van der Waals surface area contributed by atoms with Gasteiger partial charge in [-0.25, -0.2) is 0 Å². The number of amides is 1. The molecule has 0 unspecified atom stereocenters. The van der Waals surface area contributed by atoms with Gasteiger partial charge in [0, 0.05) is 18.8 Å². The summed E-state index contributed by atoms with van der Waals surface area (Å²) >= 11 is 0. The van der Waals surface area contributed by atoms with E-state index in [1.54, 1.807) is 17.0 Å². The fourth-order valence-corrected chi connectivity index (χ4v) is 1.79. The van der Waals surface area contributed by atoms with Crippen LogP contribution in [0.1, 0.15) is 5.56 Å². The zero-order chi connectivity index (χ0) is 13.0. The van der Waals surface area contributed by atoms with Crippen LogP contribution in [-0.4, -0.2) is 43.7 Å². The van der Waals surface area contributed by atoms with Gasteiger partial charge in [0.05, 0.1) is 13.2 Å². The Bertz CT molecular complexity index is 428. The van der Waals surface area contributed by atoms with Crippen LogP contribution in [0.4, 0.5) is 5.69 Å². The molecule has 0 saturated carbocycles. The summed E-state index contributed by atoms with van der Waals surface area (Å²) < 4.78 is 10.7. The number of morpholine rings is 1. The number of nitrogen functional groups attached to an aromatic ring is 1. The molecule has 0 aliphatic carbocycles. The van der Waals surface area contributed by atoms with Gasteiger partial charge in [-0.3, -0.25) is 4.79 Å². The van der Waals surface area contributed by atoms with Crippen LogP contribution in [0.25, 0.3) is 0 Å². The van der Waals surface area contributed by atoms with Crippen molar-refractivity contribution in [2.75, 3.05) is 38.6 Å². The first-order valence-electron chi connectivity index (χ1n) is 6.01. The standard InChI is InChI=1S/C13H18N2O3/c1-10-8-11(2-3-12(10)14)18-9-13(16)15-4-6-17-7-5-15/h2-3,8H,4-7,9,14H2,1H3. The first-order chi connectivity index (χ1) is 8.66. The molecule has 0 radical (unpaired) electrons. The van der Waals surface area contributed by atoms with Crippen LogP contribution in [0, 0.1) is 6.92 Å². The van der Waals surface area contributed by atoms with Crippen molar-refractivity contribution in [3.05, 3.63) is 23.8 Å². The molecule has 0 atom stereocenters. The molecule has 1 aromatic carbocycles. The largest absolute Gasteiger partial charge is 0.484 e. The average Bonchev–Trinajstić information content (AvgIpc) is 2.41. The lowest BCUT2D eigenvalue weighted by molar-refractivity contribution is -0.137. The first-order valence-corrected chi connectivity index (χ1v) is 6.01. The fraction of sp³-hybridized carbons (Fsp3) is 0.462. The second-order valence-corrected chi connectivity index (χ2v) is 4.30. The zero-order valence-corrected chi connectivity index (χ0v) is 10.5. The lowest BCUT2D eigenvalue weighted by Crippen LogP contribution is -2.42. The number of nitrogens with zero attached hydrogens (tertiary/aromatic N) is 1. The van der Waals surface area contributed by atoms with E-state index in [1.807, 2.05) is 13.0 Å². The van der Waals surface area contributed by atoms with Gasteiger partial charge in [0.25, 0.3) is 5.91 Å². The van der Waals surface area contributed by atoms with Crippen molar-refractivity contribution in [1.82, 2.24) is 4.90 Å². The van der Waals surface area contributed by atoms with E-state index < -0.39 is 0 Å². The van der Waals surface area contributed by atoms with Gasteiger partial charge in [0.2, 0.25) is 0 Å². The predicted octanol–water partition coefficient (Wildman–Crippen LogP) is 0.815. The number of ether oxygens (including phenoxy) is 2. The van der Waals surface area contributed by atoms with Crippen LogP contribution >= 0.6 is 0 Å². The molecule has 0 bridgehead atoms. The molecular weight excluding hydrogens is 232 g/mol. The smallest absolute Gasteiger partial charge is 0.260 e. The summed E-state index contributed by atoms with van der Waals surface area (Å²) in [7, 11) is 0. The third kappa shape index (κ3) is 3.13. The molecule has 1 aliphatic heterocycles. The molecule has 0 spiro atoms. The summed E-state index contributed by atoms with van der Waals surface area (Å²) in [5, 5.41) is 0. The number of nitrogens with two attached hydrogens (primary N) is 1. The van der Waals surface area contributed by atoms with E-state index in [0.29, 0.717) is 32.1 Å². The molecule has 1 aromatic rings. The molecule has 2 N–H and O–H groups in total. The molecule has 2 rings (SSSR count). The molecule has 1 amide bonds. The number of anilines is 1. The fourth-order valence-electron chi connectivity index (χ4n) is 1.79. The van der Waals surface area contributed by atoms with Gasteiger partial charge in [-0.05, 0) is 30.7 Å². The molecule has 1 saturated heterocycles. The Hall–Kier alpha value is -1.75. The minimum atomic E-state index is -0.00669. The number of benzene rings is 1. The van der Waals surface area contributed by atoms with E-state index in [2.05, 4.69) is 0 Å². The number of aryl methyl sites for hydroxylation is 1. The van der Waals surface area contributed by atoms with Crippen LogP contribution in [0.3, 0.4) is 0 Å². The SMILES string of the molecule is Cc1cc(OCC(=O)N2CCOCC2)ccc1N. The van der Waals surface area contributed by atoms with Crippen molar-refractivity contribution in [2.24, 2.45) is 0 Å². The topological polar surface area (TPSA) is 64.8 Å². The Morgan fingerprint density at radius 3 is 2.83 bits per heavy atom. The summed E-state index contributed by atoms with van der Waals surface area (Å²) in [6, 6.07) is 5.39. The highest BCUT2D eigenvalue weighted by atomic mass is 16.5. The molecule has 18 heavy (non-hydrogen) atoms. The van der Waals surface area contributed by atoms with Gasteiger partial charge < -0.3 is 20.1 Å². The molecule has 5 heteroatoms. The Kier molecular flexibility index (Phi) is 4.04. The highest BCUT2D eigenvalue weighted by Gasteiger charge is 2.17. The second kappa shape index (κ2) is 5.73. The minimum Gasteiger partial charge on any atom is -0.484 e. The maximum absolute atomic E-state index is 11.8. The summed E-state index contributed by atoms with van der Waals surface area (Å²) in [4.78, 5) is 13.6. The van der Waals surface area contributed by atoms with Gasteiger partial charge in [-0.2, -0.15) is 0 Å². The van der Waals surface area contributed by atoms with E-state index >= 15 is 0 Å². The van der Waals surface area contributed by atoms with Gasteiger partial charge in [-0.15, -0.1) is 0 Å². The Morgan fingerprint density at radius 1 is 1.44 bits per heavy atom. The number of carbonyl (C=O) groups excluding carboxylic acids is 1. The number of hydrogen-bond acceptors (Lipinski definition) is 4. The molecular formula is C13H18N2O3. The van der Waals surface area contributed by atoms with Crippen molar-refractivity contribution in [3.8, 4) is 5.75 Å². The van der Waals surface area contributed by atoms with Gasteiger partial charge >= 0.3 is 0 Å². The number of hydrogen-bond donors (Lipinski definition) is 1. The van der Waals surface area contributed by atoms with Crippen molar-refractivity contribution >= 4 is 11.6 Å². The summed E-state index contributed by atoms with van der Waals surface area (Å²) in [5.41, 5.74) is 7.39. The lowest BCUT2D eigenvalue weighted by atomic mass is 10.2. The van der Waals surface area contributed by atoms with Crippen LogP contribution < -0.4 is 10.5 Å². The van der Waals surface area contributed by atoms with Crippen LogP contribution in [-0.2, 0) is 9.53 Å². The normalized spacial score (nSPS) is 15.5. The Morgan fingerprint density at radius 2 is 2.17 bits per heavy atom. The van der Waals surface area contributed by atoms with E-state index in [9.17, 15) is 4.79 Å². The lowest BCUT2D eigenvalue weighted by Gasteiger charge is -2.26. The predicted molar refractivity (Wildman–Crippen MR) is 68.5 cm³/mol. The van der Waals surface area contributed by atoms with Crippen LogP contribution in [0.2, 0.25) is 0 Å². The molecule has 1 aliphatic rings. The third-order valence-electron chi connectivity index (χ3n) is 2.97. The van der Waals surface area contributed by atoms with E-state index in [4.69, 9.17) is 15.2 Å². The van der Waals surface area contributed by atoms with Gasteiger partial charge in [0.15, 0.2) is 6.61 Å². The maximum Gasteiger partial charge on any atom is 0.260 e. The van der Waals surface area contributed by atoms with Gasteiger partial charge in [-0.1, -0.05) is 0 Å². The monoisotopic (exact) mass is 250 g/mol. The van der Waals surface area contributed by atoms with Gasteiger partial charge in [0.1, 0.15) is 5.75 Å². The number of carbonyl (C=O) groups is 1. The molecule has 0 aromatic heterocycles. The van der Waals surface area contributed by atoms with E-state index in [0.717, 1.165) is 11.3 Å². The maximum atomic E-state index is 11.8. The van der Waals surface area contributed by atoms with Crippen molar-refractivity contribution in [1.29, 1.82) is 0 Å². The van der Waals surface area contributed by atoms with E-state index in [1.165, 1.54) is 0 Å². The second-order valence-electron chi connectivity index (χ2n) is 4.30. The quantitative estimate of drug-likeness (QED) is 0.806. The van der Waals surface area contributed by atoms with Crippen LogP contribution in [0.5, 0.6) is 5.75 Å². The molecule has 1 heterocycles. The highest BCUT2D eigenvalue weighted by molar-refractivity contribution is 5.77. The first kappa shape index (κ1) is 12.7. The minimum absolute atomic E-state index is 0.00669. The summed E-state index contributed by atoms with van der Waals surface area (Å²) in [6.45, 7) is 4.46.